The molecule has 84 valence electrons. The molecule has 2 unspecified atom stereocenters. The van der Waals surface area contributed by atoms with Crippen LogP contribution in [0.2, 0.25) is 0 Å². The lowest BCUT2D eigenvalue weighted by Crippen LogP contribution is -2.02. The Morgan fingerprint density at radius 3 is 3.07 bits per heavy atom. The quantitative estimate of drug-likeness (QED) is 0.850. The first-order valence-electron chi connectivity index (χ1n) is 5.92. The third kappa shape index (κ3) is 2.58. The van der Waals surface area contributed by atoms with E-state index in [0.717, 1.165) is 18.4 Å². The molecule has 3 heteroatoms. The number of nitrogens with zero attached hydrogens (tertiary/aromatic N) is 1. The largest absolute Gasteiger partial charge is 0.315 e. The first-order valence-corrected chi connectivity index (χ1v) is 6.74. The molecule has 0 aromatic carbocycles. The Morgan fingerprint density at radius 2 is 2.40 bits per heavy atom. The highest BCUT2D eigenvalue weighted by atomic mass is 32.1. The molecule has 1 aliphatic rings. The molecule has 0 aliphatic heterocycles. The first kappa shape index (κ1) is 11.1. The standard InChI is InChI=1S/C12H20N2S/c1-3-9-4-5-10(6-9)12-14-8-11(15-12)7-13-2/h8-10,13H,3-7H2,1-2H3. The number of nitrogens with one attached hydrogen (secondary N) is 1. The van der Waals surface area contributed by atoms with Crippen LogP contribution in [0.5, 0.6) is 0 Å². The lowest BCUT2D eigenvalue weighted by molar-refractivity contribution is 0.521. The van der Waals surface area contributed by atoms with Gasteiger partial charge in [0, 0.05) is 23.5 Å². The number of thiazole rings is 1. The maximum absolute atomic E-state index is 4.56. The van der Waals surface area contributed by atoms with Gasteiger partial charge in [-0.15, -0.1) is 11.3 Å². The van der Waals surface area contributed by atoms with Crippen LogP contribution >= 0.6 is 11.3 Å². The summed E-state index contributed by atoms with van der Waals surface area (Å²) in [5, 5.41) is 4.55. The molecule has 0 spiro atoms. The van der Waals surface area contributed by atoms with Crippen molar-refractivity contribution in [2.75, 3.05) is 7.05 Å². The molecule has 1 aromatic rings. The van der Waals surface area contributed by atoms with Crippen LogP contribution in [0.3, 0.4) is 0 Å². The van der Waals surface area contributed by atoms with Gasteiger partial charge < -0.3 is 5.32 Å². The molecule has 0 amide bonds. The van der Waals surface area contributed by atoms with Crippen molar-refractivity contribution in [3.8, 4) is 0 Å². The van der Waals surface area contributed by atoms with E-state index >= 15 is 0 Å². The molecule has 2 atom stereocenters. The van der Waals surface area contributed by atoms with Crippen LogP contribution < -0.4 is 5.32 Å². The van der Waals surface area contributed by atoms with Crippen LogP contribution in [-0.2, 0) is 6.54 Å². The SMILES string of the molecule is CCC1CCC(c2ncc(CNC)s2)C1. The van der Waals surface area contributed by atoms with Gasteiger partial charge in [0.1, 0.15) is 0 Å². The second-order valence-electron chi connectivity index (χ2n) is 4.48. The van der Waals surface area contributed by atoms with E-state index in [1.54, 1.807) is 0 Å². The minimum Gasteiger partial charge on any atom is -0.315 e. The second kappa shape index (κ2) is 5.08. The molecule has 1 saturated carbocycles. The van der Waals surface area contributed by atoms with Gasteiger partial charge in [-0.05, 0) is 32.2 Å². The zero-order valence-corrected chi connectivity index (χ0v) is 10.4. The summed E-state index contributed by atoms with van der Waals surface area (Å²) in [6.07, 6.45) is 7.50. The van der Waals surface area contributed by atoms with Crippen LogP contribution in [-0.4, -0.2) is 12.0 Å². The summed E-state index contributed by atoms with van der Waals surface area (Å²) in [4.78, 5) is 5.93. The second-order valence-corrected chi connectivity index (χ2v) is 5.63. The van der Waals surface area contributed by atoms with Gasteiger partial charge in [-0.3, -0.25) is 0 Å². The van der Waals surface area contributed by atoms with Crippen molar-refractivity contribution < 1.29 is 0 Å². The number of rotatable bonds is 4. The molecule has 2 nitrogen and oxygen atoms in total. The Balaban J connectivity index is 1.97. The van der Waals surface area contributed by atoms with E-state index in [1.807, 2.05) is 24.6 Å². The lowest BCUT2D eigenvalue weighted by atomic mass is 10.0. The number of aromatic nitrogens is 1. The van der Waals surface area contributed by atoms with E-state index < -0.39 is 0 Å². The molecule has 1 aliphatic carbocycles. The fourth-order valence-corrected chi connectivity index (χ4v) is 3.51. The summed E-state index contributed by atoms with van der Waals surface area (Å²) in [6, 6.07) is 0. The molecular weight excluding hydrogens is 204 g/mol. The van der Waals surface area contributed by atoms with Crippen molar-refractivity contribution in [2.24, 2.45) is 5.92 Å². The van der Waals surface area contributed by atoms with Crippen LogP contribution in [0, 0.1) is 5.92 Å². The zero-order valence-electron chi connectivity index (χ0n) is 9.62. The van der Waals surface area contributed by atoms with Crippen LogP contribution in [0.15, 0.2) is 6.20 Å². The number of hydrogen-bond acceptors (Lipinski definition) is 3. The van der Waals surface area contributed by atoms with Gasteiger partial charge in [0.05, 0.1) is 5.01 Å². The van der Waals surface area contributed by atoms with Gasteiger partial charge in [0.25, 0.3) is 0 Å². The van der Waals surface area contributed by atoms with E-state index in [-0.39, 0.29) is 0 Å². The summed E-state index contributed by atoms with van der Waals surface area (Å²) in [5.41, 5.74) is 0. The Labute approximate surface area is 96.1 Å². The minimum atomic E-state index is 0.755. The average Bonchev–Trinajstić information content (AvgIpc) is 2.85. The minimum absolute atomic E-state index is 0.755. The van der Waals surface area contributed by atoms with E-state index in [4.69, 9.17) is 0 Å². The summed E-state index contributed by atoms with van der Waals surface area (Å²) >= 11 is 1.89. The summed E-state index contributed by atoms with van der Waals surface area (Å²) in [6.45, 7) is 3.27. The van der Waals surface area contributed by atoms with Gasteiger partial charge in [-0.1, -0.05) is 13.3 Å². The topological polar surface area (TPSA) is 24.9 Å². The highest BCUT2D eigenvalue weighted by Crippen LogP contribution is 2.40. The third-order valence-electron chi connectivity index (χ3n) is 3.39. The average molecular weight is 224 g/mol. The van der Waals surface area contributed by atoms with E-state index in [0.29, 0.717) is 0 Å². The fraction of sp³-hybridized carbons (Fsp3) is 0.750. The van der Waals surface area contributed by atoms with Gasteiger partial charge in [-0.25, -0.2) is 4.98 Å². The molecule has 1 fully saturated rings. The lowest BCUT2D eigenvalue weighted by Gasteiger charge is -2.05. The van der Waals surface area contributed by atoms with Gasteiger partial charge >= 0.3 is 0 Å². The van der Waals surface area contributed by atoms with Gasteiger partial charge in [-0.2, -0.15) is 0 Å². The molecule has 1 N–H and O–H groups in total. The van der Waals surface area contributed by atoms with Crippen LogP contribution in [0.25, 0.3) is 0 Å². The van der Waals surface area contributed by atoms with Crippen LogP contribution in [0.1, 0.15) is 48.4 Å². The van der Waals surface area contributed by atoms with Crippen molar-refractivity contribution in [2.45, 2.75) is 45.1 Å². The van der Waals surface area contributed by atoms with E-state index in [2.05, 4.69) is 17.2 Å². The van der Waals surface area contributed by atoms with Crippen molar-refractivity contribution in [3.05, 3.63) is 16.1 Å². The Morgan fingerprint density at radius 1 is 1.53 bits per heavy atom. The summed E-state index contributed by atoms with van der Waals surface area (Å²) in [7, 11) is 1.99. The van der Waals surface area contributed by atoms with Crippen molar-refractivity contribution >= 4 is 11.3 Å². The Hall–Kier alpha value is -0.410. The van der Waals surface area contributed by atoms with Crippen molar-refractivity contribution in [1.29, 1.82) is 0 Å². The maximum atomic E-state index is 4.56. The predicted octanol–water partition coefficient (Wildman–Crippen LogP) is 3.16. The third-order valence-corrected chi connectivity index (χ3v) is 4.55. The smallest absolute Gasteiger partial charge is 0.0959 e. The zero-order chi connectivity index (χ0) is 10.7. The predicted molar refractivity (Wildman–Crippen MR) is 65.3 cm³/mol. The van der Waals surface area contributed by atoms with E-state index in [9.17, 15) is 0 Å². The van der Waals surface area contributed by atoms with Gasteiger partial charge in [0.2, 0.25) is 0 Å². The molecule has 2 rings (SSSR count). The normalized spacial score (nSPS) is 26.0. The first-order chi connectivity index (χ1) is 7.33. The fourth-order valence-electron chi connectivity index (χ4n) is 2.44. The van der Waals surface area contributed by atoms with E-state index in [1.165, 1.54) is 35.6 Å². The molecule has 15 heavy (non-hydrogen) atoms. The highest BCUT2D eigenvalue weighted by Gasteiger charge is 2.26. The highest BCUT2D eigenvalue weighted by molar-refractivity contribution is 7.11. The van der Waals surface area contributed by atoms with Gasteiger partial charge in [0.15, 0.2) is 0 Å². The van der Waals surface area contributed by atoms with Crippen LogP contribution in [0.4, 0.5) is 0 Å². The molecule has 0 bridgehead atoms. The van der Waals surface area contributed by atoms with Crippen molar-refractivity contribution in [1.82, 2.24) is 10.3 Å². The molecule has 0 saturated heterocycles. The maximum Gasteiger partial charge on any atom is 0.0959 e. The Bertz CT molecular complexity index is 308. The van der Waals surface area contributed by atoms with Crippen molar-refractivity contribution in [3.63, 3.8) is 0 Å². The molecule has 0 radical (unpaired) electrons. The molecular formula is C12H20N2S. The number of hydrogen-bond donors (Lipinski definition) is 1. The Kier molecular flexibility index (Phi) is 3.76. The monoisotopic (exact) mass is 224 g/mol. The molecule has 1 heterocycles. The molecule has 1 aromatic heterocycles. The summed E-state index contributed by atoms with van der Waals surface area (Å²) < 4.78 is 0. The summed E-state index contributed by atoms with van der Waals surface area (Å²) in [5.74, 6) is 1.71.